The summed E-state index contributed by atoms with van der Waals surface area (Å²) in [6.45, 7) is 0.219. The van der Waals surface area contributed by atoms with E-state index >= 15 is 0 Å². The highest BCUT2D eigenvalue weighted by Gasteiger charge is 2.13. The van der Waals surface area contributed by atoms with Gasteiger partial charge in [-0.25, -0.2) is 9.18 Å². The quantitative estimate of drug-likeness (QED) is 0.893. The van der Waals surface area contributed by atoms with Gasteiger partial charge < -0.3 is 10.8 Å². The number of nitrogens with two attached hydrogens (primary N) is 1. The summed E-state index contributed by atoms with van der Waals surface area (Å²) >= 11 is 5.86. The van der Waals surface area contributed by atoms with E-state index in [1.165, 1.54) is 29.1 Å². The molecule has 0 atom stereocenters. The molecule has 0 spiro atoms. The predicted octanol–water partition coefficient (Wildman–Crippen LogP) is 2.00. The first-order chi connectivity index (χ1) is 8.47. The van der Waals surface area contributed by atoms with E-state index in [0.29, 0.717) is 5.56 Å². The zero-order chi connectivity index (χ0) is 13.3. The Labute approximate surface area is 107 Å². The minimum Gasteiger partial charge on any atom is -0.476 e. The van der Waals surface area contributed by atoms with Crippen LogP contribution in [0.3, 0.4) is 0 Å². The number of carboxylic acid groups (broad SMARTS) is 1. The molecule has 0 saturated carbocycles. The van der Waals surface area contributed by atoms with Crippen molar-refractivity contribution < 1.29 is 14.3 Å². The van der Waals surface area contributed by atoms with Crippen LogP contribution in [-0.2, 0) is 6.54 Å². The monoisotopic (exact) mass is 269 g/mol. The Kier molecular flexibility index (Phi) is 3.20. The van der Waals surface area contributed by atoms with E-state index in [4.69, 9.17) is 22.4 Å². The van der Waals surface area contributed by atoms with E-state index in [1.807, 2.05) is 0 Å². The first-order valence-electron chi connectivity index (χ1n) is 4.97. The van der Waals surface area contributed by atoms with Crippen molar-refractivity contribution in [2.24, 2.45) is 0 Å². The minimum atomic E-state index is -1.20. The molecule has 0 unspecified atom stereocenters. The Morgan fingerprint density at radius 2 is 2.28 bits per heavy atom. The second-order valence-electron chi connectivity index (χ2n) is 3.67. The number of aromatic carboxylic acids is 1. The number of carboxylic acids is 1. The number of benzene rings is 1. The van der Waals surface area contributed by atoms with Crippen molar-refractivity contribution in [3.05, 3.63) is 46.5 Å². The van der Waals surface area contributed by atoms with E-state index in [2.05, 4.69) is 5.10 Å². The molecule has 0 aliphatic heterocycles. The minimum absolute atomic E-state index is 0.0701. The van der Waals surface area contributed by atoms with Crippen LogP contribution in [0.1, 0.15) is 16.1 Å². The van der Waals surface area contributed by atoms with Gasteiger partial charge in [-0.1, -0.05) is 17.7 Å². The summed E-state index contributed by atoms with van der Waals surface area (Å²) in [5.74, 6) is -1.63. The van der Waals surface area contributed by atoms with Crippen LogP contribution in [0.4, 0.5) is 10.1 Å². The molecule has 0 aliphatic rings. The van der Waals surface area contributed by atoms with Crippen molar-refractivity contribution in [1.29, 1.82) is 0 Å². The second kappa shape index (κ2) is 4.66. The van der Waals surface area contributed by atoms with Gasteiger partial charge in [0.2, 0.25) is 0 Å². The van der Waals surface area contributed by atoms with Crippen molar-refractivity contribution >= 4 is 23.3 Å². The van der Waals surface area contributed by atoms with Crippen LogP contribution in [-0.4, -0.2) is 20.9 Å². The fourth-order valence-electron chi connectivity index (χ4n) is 1.51. The zero-order valence-corrected chi connectivity index (χ0v) is 9.86. The molecule has 1 heterocycles. The number of nitrogen functional groups attached to an aromatic ring is 1. The zero-order valence-electron chi connectivity index (χ0n) is 9.10. The lowest BCUT2D eigenvalue weighted by Crippen LogP contribution is -2.05. The summed E-state index contributed by atoms with van der Waals surface area (Å²) in [5, 5.41) is 12.9. The van der Waals surface area contributed by atoms with Crippen LogP contribution in [0.15, 0.2) is 24.4 Å². The summed E-state index contributed by atoms with van der Waals surface area (Å²) in [5.41, 5.74) is 5.98. The van der Waals surface area contributed by atoms with Crippen LogP contribution in [0.2, 0.25) is 5.02 Å². The molecule has 2 rings (SSSR count). The van der Waals surface area contributed by atoms with Crippen LogP contribution in [0, 0.1) is 5.82 Å². The molecular weight excluding hydrogens is 261 g/mol. The lowest BCUT2D eigenvalue weighted by atomic mass is 10.2. The molecule has 0 bridgehead atoms. The number of halogens is 2. The molecular formula is C11H9ClFN3O2. The van der Waals surface area contributed by atoms with Gasteiger partial charge in [-0.3, -0.25) is 4.68 Å². The van der Waals surface area contributed by atoms with Gasteiger partial charge in [0.05, 0.1) is 12.2 Å². The van der Waals surface area contributed by atoms with Crippen molar-refractivity contribution in [3.63, 3.8) is 0 Å². The summed E-state index contributed by atoms with van der Waals surface area (Å²) in [6, 6.07) is 3.96. The molecule has 0 fully saturated rings. The molecule has 0 amide bonds. The number of aromatic nitrogens is 2. The van der Waals surface area contributed by atoms with Crippen molar-refractivity contribution in [2.45, 2.75) is 6.54 Å². The van der Waals surface area contributed by atoms with Gasteiger partial charge in [0.1, 0.15) is 5.82 Å². The smallest absolute Gasteiger partial charge is 0.358 e. The molecule has 0 saturated heterocycles. The average Bonchev–Trinajstić information content (AvgIpc) is 2.64. The molecule has 18 heavy (non-hydrogen) atoms. The molecule has 0 aliphatic carbocycles. The number of anilines is 1. The van der Waals surface area contributed by atoms with Crippen LogP contribution in [0.5, 0.6) is 0 Å². The maximum absolute atomic E-state index is 12.9. The molecule has 94 valence electrons. The van der Waals surface area contributed by atoms with Gasteiger partial charge in [-0.15, -0.1) is 0 Å². The Morgan fingerprint density at radius 3 is 2.83 bits per heavy atom. The van der Waals surface area contributed by atoms with Gasteiger partial charge in [0.15, 0.2) is 5.69 Å². The van der Waals surface area contributed by atoms with Gasteiger partial charge >= 0.3 is 5.97 Å². The van der Waals surface area contributed by atoms with Crippen LogP contribution in [0.25, 0.3) is 0 Å². The highest BCUT2D eigenvalue weighted by molar-refractivity contribution is 6.31. The Bertz CT molecular complexity index is 612. The maximum Gasteiger partial charge on any atom is 0.358 e. The molecule has 7 heteroatoms. The van der Waals surface area contributed by atoms with Gasteiger partial charge in [-0.05, 0) is 17.7 Å². The van der Waals surface area contributed by atoms with Gasteiger partial charge in [0, 0.05) is 11.2 Å². The van der Waals surface area contributed by atoms with Crippen molar-refractivity contribution in [1.82, 2.24) is 9.78 Å². The second-order valence-corrected chi connectivity index (χ2v) is 4.08. The molecule has 1 aromatic carbocycles. The van der Waals surface area contributed by atoms with Crippen molar-refractivity contribution in [2.75, 3.05) is 5.73 Å². The molecule has 2 aromatic rings. The van der Waals surface area contributed by atoms with Crippen LogP contribution < -0.4 is 5.73 Å². The third-order valence-corrected chi connectivity index (χ3v) is 2.69. The fourth-order valence-corrected chi connectivity index (χ4v) is 1.74. The summed E-state index contributed by atoms with van der Waals surface area (Å²) in [7, 11) is 0. The third-order valence-electron chi connectivity index (χ3n) is 2.34. The highest BCUT2D eigenvalue weighted by atomic mass is 35.5. The summed E-state index contributed by atoms with van der Waals surface area (Å²) < 4.78 is 14.2. The van der Waals surface area contributed by atoms with E-state index in [-0.39, 0.29) is 22.9 Å². The van der Waals surface area contributed by atoms with Gasteiger partial charge in [0.25, 0.3) is 0 Å². The summed E-state index contributed by atoms with van der Waals surface area (Å²) in [4.78, 5) is 10.8. The molecule has 1 aromatic heterocycles. The molecule has 0 radical (unpaired) electrons. The van der Waals surface area contributed by atoms with E-state index < -0.39 is 11.8 Å². The Hall–Kier alpha value is -2.08. The van der Waals surface area contributed by atoms with Crippen molar-refractivity contribution in [3.8, 4) is 0 Å². The number of hydrogen-bond donors (Lipinski definition) is 2. The van der Waals surface area contributed by atoms with Gasteiger partial charge in [-0.2, -0.15) is 5.10 Å². The average molecular weight is 270 g/mol. The predicted molar refractivity (Wildman–Crippen MR) is 64.1 cm³/mol. The van der Waals surface area contributed by atoms with E-state index in [0.717, 1.165) is 0 Å². The molecule has 3 N–H and O–H groups in total. The van der Waals surface area contributed by atoms with Crippen LogP contribution >= 0.6 is 11.6 Å². The number of nitrogens with zero attached hydrogens (tertiary/aromatic N) is 2. The lowest BCUT2D eigenvalue weighted by Gasteiger charge is -2.04. The molecule has 5 nitrogen and oxygen atoms in total. The first kappa shape index (κ1) is 12.4. The Balaban J connectivity index is 2.29. The fraction of sp³-hybridized carbons (Fsp3) is 0.0909. The first-order valence-corrected chi connectivity index (χ1v) is 5.35. The topological polar surface area (TPSA) is 81.1 Å². The van der Waals surface area contributed by atoms with E-state index in [1.54, 1.807) is 0 Å². The lowest BCUT2D eigenvalue weighted by molar-refractivity contribution is 0.0690. The highest BCUT2D eigenvalue weighted by Crippen LogP contribution is 2.19. The largest absolute Gasteiger partial charge is 0.476 e. The number of rotatable bonds is 3. The number of hydrogen-bond acceptors (Lipinski definition) is 3. The normalized spacial score (nSPS) is 10.6. The standard InChI is InChI=1S/C11H9ClFN3O2/c12-8-3-7(13)2-1-6(8)4-16-5-9(14)10(15-16)11(17)18/h1-3,5H,4,14H2,(H,17,18). The SMILES string of the molecule is Nc1cn(Cc2ccc(F)cc2Cl)nc1C(=O)O. The Morgan fingerprint density at radius 1 is 1.56 bits per heavy atom. The van der Waals surface area contributed by atoms with E-state index in [9.17, 15) is 9.18 Å². The summed E-state index contributed by atoms with van der Waals surface area (Å²) in [6.07, 6.45) is 1.39. The third kappa shape index (κ3) is 2.43. The number of carbonyl (C=O) groups is 1. The maximum atomic E-state index is 12.9.